The highest BCUT2D eigenvalue weighted by atomic mass is 16.6. The topological polar surface area (TPSA) is 65.0 Å². The highest BCUT2D eigenvalue weighted by Crippen LogP contribution is 2.29. The van der Waals surface area contributed by atoms with Crippen LogP contribution in [0.4, 0.5) is 0 Å². The Hall–Kier alpha value is -2.79. The van der Waals surface area contributed by atoms with Crippen molar-refractivity contribution in [2.24, 2.45) is 0 Å². The summed E-state index contributed by atoms with van der Waals surface area (Å²) in [5, 5.41) is 8.91. The maximum atomic E-state index is 10.9. The molecule has 0 saturated carbocycles. The molecule has 0 aliphatic carbocycles. The van der Waals surface area contributed by atoms with E-state index >= 15 is 0 Å². The van der Waals surface area contributed by atoms with Crippen LogP contribution in [0.25, 0.3) is 12.2 Å². The molecule has 3 rings (SSSR count). The molecule has 5 heteroatoms. The summed E-state index contributed by atoms with van der Waals surface area (Å²) in [6, 6.07) is 12.4. The number of carboxylic acid groups (broad SMARTS) is 1. The first-order valence-corrected chi connectivity index (χ1v) is 8.09. The van der Waals surface area contributed by atoms with Gasteiger partial charge in [0, 0.05) is 13.0 Å². The fraction of sp³-hybridized carbons (Fsp3) is 0.250. The molecule has 1 N–H and O–H groups in total. The van der Waals surface area contributed by atoms with Crippen molar-refractivity contribution in [3.8, 4) is 11.5 Å². The quantitative estimate of drug-likeness (QED) is 0.778. The van der Waals surface area contributed by atoms with E-state index in [4.69, 9.17) is 19.3 Å². The van der Waals surface area contributed by atoms with E-state index in [0.29, 0.717) is 18.1 Å². The first kappa shape index (κ1) is 17.0. The Kier molecular flexibility index (Phi) is 5.36. The third kappa shape index (κ3) is 4.39. The van der Waals surface area contributed by atoms with Crippen molar-refractivity contribution in [1.82, 2.24) is 0 Å². The first-order valence-electron chi connectivity index (χ1n) is 8.09. The molecule has 0 amide bonds. The minimum absolute atomic E-state index is 0.179. The molecule has 0 spiro atoms. The monoisotopic (exact) mass is 340 g/mol. The lowest BCUT2D eigenvalue weighted by Crippen LogP contribution is -2.32. The van der Waals surface area contributed by atoms with E-state index in [0.717, 1.165) is 24.2 Å². The maximum absolute atomic E-state index is 10.9. The van der Waals surface area contributed by atoms with Crippen molar-refractivity contribution in [2.45, 2.75) is 12.5 Å². The van der Waals surface area contributed by atoms with Crippen LogP contribution in [0.5, 0.6) is 11.5 Å². The van der Waals surface area contributed by atoms with Gasteiger partial charge in [-0.1, -0.05) is 30.4 Å². The van der Waals surface area contributed by atoms with Crippen LogP contribution in [0.15, 0.2) is 42.5 Å². The second-order valence-corrected chi connectivity index (χ2v) is 5.76. The summed E-state index contributed by atoms with van der Waals surface area (Å²) in [7, 11) is 1.61. The smallest absolute Gasteiger partial charge is 0.335 e. The molecule has 2 aromatic carbocycles. The third-order valence-corrected chi connectivity index (χ3v) is 4.03. The van der Waals surface area contributed by atoms with Crippen LogP contribution in [-0.4, -0.2) is 37.5 Å². The Morgan fingerprint density at radius 2 is 1.84 bits per heavy atom. The molecule has 0 bridgehead atoms. The number of rotatable bonds is 7. The molecular formula is C20H20O5. The van der Waals surface area contributed by atoms with Crippen LogP contribution in [-0.2, 0) is 4.74 Å². The van der Waals surface area contributed by atoms with Crippen LogP contribution in [0, 0.1) is 0 Å². The number of carboxylic acids is 1. The molecule has 2 aromatic rings. The van der Waals surface area contributed by atoms with Gasteiger partial charge in [-0.2, -0.15) is 0 Å². The second-order valence-electron chi connectivity index (χ2n) is 5.76. The lowest BCUT2D eigenvalue weighted by atomic mass is 10.1. The van der Waals surface area contributed by atoms with Crippen molar-refractivity contribution >= 4 is 18.1 Å². The van der Waals surface area contributed by atoms with E-state index in [1.807, 2.05) is 30.4 Å². The molecule has 0 radical (unpaired) electrons. The maximum Gasteiger partial charge on any atom is 0.335 e. The molecule has 0 aromatic heterocycles. The molecule has 1 aliphatic rings. The van der Waals surface area contributed by atoms with Crippen LogP contribution in [0.1, 0.15) is 27.9 Å². The van der Waals surface area contributed by atoms with E-state index in [-0.39, 0.29) is 11.7 Å². The zero-order valence-corrected chi connectivity index (χ0v) is 14.0. The molecular weight excluding hydrogens is 320 g/mol. The van der Waals surface area contributed by atoms with E-state index in [2.05, 4.69) is 0 Å². The Morgan fingerprint density at radius 1 is 1.16 bits per heavy atom. The predicted octanol–water partition coefficient (Wildman–Crippen LogP) is 3.73. The van der Waals surface area contributed by atoms with Crippen molar-refractivity contribution < 1.29 is 24.1 Å². The molecule has 1 heterocycles. The van der Waals surface area contributed by atoms with Gasteiger partial charge in [-0.15, -0.1) is 0 Å². The summed E-state index contributed by atoms with van der Waals surface area (Å²) in [6.45, 7) is 1.34. The lowest BCUT2D eigenvalue weighted by molar-refractivity contribution is -0.0723. The van der Waals surface area contributed by atoms with Gasteiger partial charge in [0.2, 0.25) is 0 Å². The van der Waals surface area contributed by atoms with Crippen LogP contribution in [0.3, 0.4) is 0 Å². The lowest BCUT2D eigenvalue weighted by Gasteiger charge is -2.26. The fourth-order valence-electron chi connectivity index (χ4n) is 2.44. The van der Waals surface area contributed by atoms with Crippen LogP contribution >= 0.6 is 0 Å². The van der Waals surface area contributed by atoms with Gasteiger partial charge in [0.1, 0.15) is 6.61 Å². The predicted molar refractivity (Wildman–Crippen MR) is 95.2 cm³/mol. The number of carbonyl (C=O) groups is 1. The molecule has 1 aliphatic heterocycles. The minimum Gasteiger partial charge on any atom is -0.493 e. The Morgan fingerprint density at radius 3 is 2.44 bits per heavy atom. The standard InChI is InChI=1S/C20H20O5/c1-23-19-12-15(6-9-18(19)25-13-17-10-11-24-17)3-2-14-4-7-16(8-5-14)20(21)22/h2-9,12,17H,10-11,13H2,1H3,(H,21,22)/b3-2+. The van der Waals surface area contributed by atoms with Crippen molar-refractivity contribution in [2.75, 3.05) is 20.3 Å². The highest BCUT2D eigenvalue weighted by molar-refractivity contribution is 5.88. The summed E-state index contributed by atoms with van der Waals surface area (Å²) >= 11 is 0. The third-order valence-electron chi connectivity index (χ3n) is 4.03. The number of ether oxygens (including phenoxy) is 3. The van der Waals surface area contributed by atoms with Gasteiger partial charge in [0.25, 0.3) is 0 Å². The molecule has 1 atom stereocenters. The second kappa shape index (κ2) is 7.85. The first-order chi connectivity index (χ1) is 12.2. The van der Waals surface area contributed by atoms with Gasteiger partial charge in [-0.25, -0.2) is 4.79 Å². The van der Waals surface area contributed by atoms with Crippen molar-refractivity contribution in [1.29, 1.82) is 0 Å². The van der Waals surface area contributed by atoms with Crippen LogP contribution in [0.2, 0.25) is 0 Å². The van der Waals surface area contributed by atoms with E-state index in [1.54, 1.807) is 31.4 Å². The normalized spacial score (nSPS) is 16.4. The van der Waals surface area contributed by atoms with Gasteiger partial charge >= 0.3 is 5.97 Å². The van der Waals surface area contributed by atoms with Crippen LogP contribution < -0.4 is 9.47 Å². The average molecular weight is 340 g/mol. The largest absolute Gasteiger partial charge is 0.493 e. The molecule has 1 unspecified atom stereocenters. The summed E-state index contributed by atoms with van der Waals surface area (Å²) < 4.78 is 16.5. The summed E-state index contributed by atoms with van der Waals surface area (Å²) in [6.07, 6.45) is 5.07. The molecule has 25 heavy (non-hydrogen) atoms. The summed E-state index contributed by atoms with van der Waals surface area (Å²) in [5.74, 6) is 0.437. The van der Waals surface area contributed by atoms with E-state index in [9.17, 15) is 4.79 Å². The Balaban J connectivity index is 1.67. The van der Waals surface area contributed by atoms with Gasteiger partial charge in [-0.05, 0) is 35.4 Å². The van der Waals surface area contributed by atoms with Crippen molar-refractivity contribution in [3.63, 3.8) is 0 Å². The molecule has 5 nitrogen and oxygen atoms in total. The van der Waals surface area contributed by atoms with Gasteiger partial charge in [0.15, 0.2) is 11.5 Å². The summed E-state index contributed by atoms with van der Waals surface area (Å²) in [5.41, 5.74) is 2.16. The Labute approximate surface area is 146 Å². The zero-order chi connectivity index (χ0) is 17.6. The fourth-order valence-corrected chi connectivity index (χ4v) is 2.44. The number of hydrogen-bond acceptors (Lipinski definition) is 4. The summed E-state index contributed by atoms with van der Waals surface area (Å²) in [4.78, 5) is 10.9. The number of methoxy groups -OCH3 is 1. The Bertz CT molecular complexity index is 760. The van der Waals surface area contributed by atoms with Gasteiger partial charge in [0.05, 0.1) is 18.8 Å². The van der Waals surface area contributed by atoms with Crippen molar-refractivity contribution in [3.05, 3.63) is 59.2 Å². The van der Waals surface area contributed by atoms with Gasteiger partial charge in [-0.3, -0.25) is 0 Å². The number of hydrogen-bond donors (Lipinski definition) is 1. The SMILES string of the molecule is COc1cc(/C=C/c2ccc(C(=O)O)cc2)ccc1OCC1CCO1. The van der Waals surface area contributed by atoms with E-state index in [1.165, 1.54) is 0 Å². The number of benzene rings is 2. The number of aromatic carboxylic acids is 1. The highest BCUT2D eigenvalue weighted by Gasteiger charge is 2.19. The molecule has 1 fully saturated rings. The molecule has 1 saturated heterocycles. The van der Waals surface area contributed by atoms with Gasteiger partial charge < -0.3 is 19.3 Å². The molecule has 130 valence electrons. The zero-order valence-electron chi connectivity index (χ0n) is 14.0. The van der Waals surface area contributed by atoms with E-state index < -0.39 is 5.97 Å². The minimum atomic E-state index is -0.928. The average Bonchev–Trinajstić information content (AvgIpc) is 2.59.